The number of hydrogen-bond acceptors (Lipinski definition) is 3. The Hall–Kier alpha value is -2.33. The van der Waals surface area contributed by atoms with Crippen molar-refractivity contribution in [1.82, 2.24) is 5.43 Å². The average Bonchev–Trinajstić information content (AvgIpc) is 2.58. The quantitative estimate of drug-likeness (QED) is 0.606. The fraction of sp³-hybridized carbons (Fsp3) is 0.300. The number of nitrogens with one attached hydrogen (secondary N) is 1. The van der Waals surface area contributed by atoms with Gasteiger partial charge in [0, 0.05) is 5.02 Å². The van der Waals surface area contributed by atoms with Crippen molar-refractivity contribution in [2.45, 2.75) is 33.8 Å². The molecule has 2 aromatic rings. The molecule has 2 rings (SSSR count). The van der Waals surface area contributed by atoms with Gasteiger partial charge in [0.15, 0.2) is 6.10 Å². The van der Waals surface area contributed by atoms with Crippen LogP contribution in [0.25, 0.3) is 0 Å². The van der Waals surface area contributed by atoms with Crippen LogP contribution in [-0.4, -0.2) is 17.7 Å². The van der Waals surface area contributed by atoms with Crippen LogP contribution in [0.3, 0.4) is 0 Å². The summed E-state index contributed by atoms with van der Waals surface area (Å²) in [6, 6.07) is 15.1. The van der Waals surface area contributed by atoms with Crippen molar-refractivity contribution in [2.24, 2.45) is 11.0 Å². The first kappa shape index (κ1) is 19.0. The Labute approximate surface area is 153 Å². The Kier molecular flexibility index (Phi) is 6.59. The van der Waals surface area contributed by atoms with E-state index in [1.165, 1.54) is 0 Å². The second-order valence-electron chi connectivity index (χ2n) is 6.16. The van der Waals surface area contributed by atoms with Crippen molar-refractivity contribution in [3.63, 3.8) is 0 Å². The molecule has 132 valence electrons. The zero-order valence-electron chi connectivity index (χ0n) is 14.9. The van der Waals surface area contributed by atoms with Gasteiger partial charge in [-0.2, -0.15) is 5.10 Å². The number of halogens is 1. The lowest BCUT2D eigenvalue weighted by atomic mass is 10.0. The molecule has 0 fully saturated rings. The third-order valence-corrected chi connectivity index (χ3v) is 3.95. The molecular formula is C20H23ClN2O2. The maximum absolute atomic E-state index is 12.3. The Balaban J connectivity index is 2.06. The number of carbonyl (C=O) groups is 1. The lowest BCUT2D eigenvalue weighted by Gasteiger charge is -2.16. The SMILES string of the molecule is Cc1cc(Cl)ccc1OC(C)C(=O)N/N=C(/c1ccccc1)C(C)C. The first-order valence-corrected chi connectivity index (χ1v) is 8.62. The van der Waals surface area contributed by atoms with E-state index in [0.717, 1.165) is 16.8 Å². The van der Waals surface area contributed by atoms with Crippen molar-refractivity contribution < 1.29 is 9.53 Å². The van der Waals surface area contributed by atoms with Crippen molar-refractivity contribution in [3.05, 3.63) is 64.7 Å². The van der Waals surface area contributed by atoms with Gasteiger partial charge in [-0.1, -0.05) is 55.8 Å². The molecule has 0 spiro atoms. The summed E-state index contributed by atoms with van der Waals surface area (Å²) < 4.78 is 5.72. The number of rotatable bonds is 6. The number of hydrogen-bond donors (Lipinski definition) is 1. The minimum absolute atomic E-state index is 0.178. The highest BCUT2D eigenvalue weighted by atomic mass is 35.5. The predicted molar refractivity (Wildman–Crippen MR) is 102 cm³/mol. The highest BCUT2D eigenvalue weighted by molar-refractivity contribution is 6.30. The van der Waals surface area contributed by atoms with E-state index in [1.54, 1.807) is 25.1 Å². The van der Waals surface area contributed by atoms with Crippen LogP contribution in [0.2, 0.25) is 5.02 Å². The van der Waals surface area contributed by atoms with E-state index < -0.39 is 6.10 Å². The zero-order chi connectivity index (χ0) is 18.4. The summed E-state index contributed by atoms with van der Waals surface area (Å²) in [6.45, 7) is 7.65. The molecule has 4 nitrogen and oxygen atoms in total. The molecule has 0 radical (unpaired) electrons. The van der Waals surface area contributed by atoms with E-state index in [0.29, 0.717) is 10.8 Å². The molecule has 1 N–H and O–H groups in total. The second-order valence-corrected chi connectivity index (χ2v) is 6.60. The van der Waals surface area contributed by atoms with E-state index in [2.05, 4.69) is 10.5 Å². The van der Waals surface area contributed by atoms with E-state index in [1.807, 2.05) is 51.1 Å². The largest absolute Gasteiger partial charge is 0.481 e. The maximum Gasteiger partial charge on any atom is 0.280 e. The molecule has 0 aliphatic rings. The molecule has 0 bridgehead atoms. The van der Waals surface area contributed by atoms with Crippen LogP contribution in [-0.2, 0) is 4.79 Å². The third-order valence-electron chi connectivity index (χ3n) is 3.71. The van der Waals surface area contributed by atoms with E-state index in [9.17, 15) is 4.79 Å². The standard InChI is InChI=1S/C20H23ClN2O2/c1-13(2)19(16-8-6-5-7-9-16)22-23-20(24)15(4)25-18-11-10-17(21)12-14(18)3/h5-13,15H,1-4H3,(H,23,24)/b22-19+. The molecule has 0 heterocycles. The Morgan fingerprint density at radius 3 is 2.40 bits per heavy atom. The molecule has 1 unspecified atom stereocenters. The molecule has 0 aliphatic heterocycles. The lowest BCUT2D eigenvalue weighted by Crippen LogP contribution is -2.34. The predicted octanol–water partition coefficient (Wildman–Crippen LogP) is 4.59. The molecule has 0 aliphatic carbocycles. The topological polar surface area (TPSA) is 50.7 Å². The summed E-state index contributed by atoms with van der Waals surface area (Å²) in [5, 5.41) is 4.94. The van der Waals surface area contributed by atoms with Crippen LogP contribution in [0.1, 0.15) is 31.9 Å². The second kappa shape index (κ2) is 8.67. The smallest absolute Gasteiger partial charge is 0.280 e. The van der Waals surface area contributed by atoms with Crippen molar-refractivity contribution >= 4 is 23.2 Å². The summed E-state index contributed by atoms with van der Waals surface area (Å²) in [5.41, 5.74) is 5.30. The molecular weight excluding hydrogens is 336 g/mol. The summed E-state index contributed by atoms with van der Waals surface area (Å²) in [4.78, 5) is 12.3. The molecule has 25 heavy (non-hydrogen) atoms. The van der Waals surface area contributed by atoms with Gasteiger partial charge in [-0.05, 0) is 49.1 Å². The molecule has 0 aromatic heterocycles. The highest BCUT2D eigenvalue weighted by Crippen LogP contribution is 2.22. The number of nitrogens with zero attached hydrogens (tertiary/aromatic N) is 1. The zero-order valence-corrected chi connectivity index (χ0v) is 15.7. The molecule has 1 amide bonds. The molecule has 2 aromatic carbocycles. The van der Waals surface area contributed by atoms with Gasteiger partial charge < -0.3 is 4.74 Å². The van der Waals surface area contributed by atoms with E-state index >= 15 is 0 Å². The van der Waals surface area contributed by atoms with Crippen LogP contribution in [0.5, 0.6) is 5.75 Å². The van der Waals surface area contributed by atoms with Crippen LogP contribution < -0.4 is 10.2 Å². The number of aryl methyl sites for hydroxylation is 1. The van der Waals surface area contributed by atoms with Crippen molar-refractivity contribution in [1.29, 1.82) is 0 Å². The Morgan fingerprint density at radius 1 is 1.12 bits per heavy atom. The van der Waals surface area contributed by atoms with Crippen molar-refractivity contribution in [3.8, 4) is 5.75 Å². The van der Waals surface area contributed by atoms with E-state index in [4.69, 9.17) is 16.3 Å². The minimum atomic E-state index is -0.673. The fourth-order valence-electron chi connectivity index (χ4n) is 2.33. The third kappa shape index (κ3) is 5.33. The van der Waals surface area contributed by atoms with Crippen LogP contribution in [0.4, 0.5) is 0 Å². The van der Waals surface area contributed by atoms with Gasteiger partial charge in [0.05, 0.1) is 5.71 Å². The Bertz CT molecular complexity index is 758. The Morgan fingerprint density at radius 2 is 1.80 bits per heavy atom. The van der Waals surface area contributed by atoms with Gasteiger partial charge >= 0.3 is 0 Å². The van der Waals surface area contributed by atoms with Gasteiger partial charge in [-0.25, -0.2) is 5.43 Å². The van der Waals surface area contributed by atoms with Gasteiger partial charge in [0.1, 0.15) is 5.75 Å². The molecule has 0 saturated carbocycles. The lowest BCUT2D eigenvalue weighted by molar-refractivity contribution is -0.127. The number of hydrazone groups is 1. The fourth-order valence-corrected chi connectivity index (χ4v) is 2.56. The normalized spacial score (nSPS) is 12.8. The summed E-state index contributed by atoms with van der Waals surface area (Å²) >= 11 is 5.94. The summed E-state index contributed by atoms with van der Waals surface area (Å²) in [6.07, 6.45) is -0.673. The number of ether oxygens (including phenoxy) is 1. The van der Waals surface area contributed by atoms with Gasteiger partial charge in [-0.15, -0.1) is 0 Å². The first-order valence-electron chi connectivity index (χ1n) is 8.24. The number of carbonyl (C=O) groups excluding carboxylic acids is 1. The molecule has 5 heteroatoms. The summed E-state index contributed by atoms with van der Waals surface area (Å²) in [7, 11) is 0. The monoisotopic (exact) mass is 358 g/mol. The van der Waals surface area contributed by atoms with Gasteiger partial charge in [0.2, 0.25) is 0 Å². The van der Waals surface area contributed by atoms with Crippen LogP contribution in [0, 0.1) is 12.8 Å². The molecule has 1 atom stereocenters. The number of amides is 1. The van der Waals surface area contributed by atoms with Gasteiger partial charge in [0.25, 0.3) is 5.91 Å². The van der Waals surface area contributed by atoms with Crippen LogP contribution in [0.15, 0.2) is 53.6 Å². The van der Waals surface area contributed by atoms with Crippen LogP contribution >= 0.6 is 11.6 Å². The van der Waals surface area contributed by atoms with Gasteiger partial charge in [-0.3, -0.25) is 4.79 Å². The first-order chi connectivity index (χ1) is 11.9. The highest BCUT2D eigenvalue weighted by Gasteiger charge is 2.16. The maximum atomic E-state index is 12.3. The van der Waals surface area contributed by atoms with Crippen molar-refractivity contribution in [2.75, 3.05) is 0 Å². The minimum Gasteiger partial charge on any atom is -0.481 e. The average molecular weight is 359 g/mol. The molecule has 0 saturated heterocycles. The summed E-state index contributed by atoms with van der Waals surface area (Å²) in [5.74, 6) is 0.504. The number of benzene rings is 2. The van der Waals surface area contributed by atoms with E-state index in [-0.39, 0.29) is 11.8 Å².